The van der Waals surface area contributed by atoms with Crippen molar-refractivity contribution in [3.05, 3.63) is 47.9 Å². The van der Waals surface area contributed by atoms with E-state index in [0.29, 0.717) is 28.7 Å². The fraction of sp³-hybridized carbons (Fsp3) is 0.188. The topological polar surface area (TPSA) is 97.2 Å². The van der Waals surface area contributed by atoms with Crippen molar-refractivity contribution in [1.82, 2.24) is 10.2 Å². The van der Waals surface area contributed by atoms with Gasteiger partial charge in [0.05, 0.1) is 12.8 Å². The van der Waals surface area contributed by atoms with Gasteiger partial charge < -0.3 is 9.15 Å². The van der Waals surface area contributed by atoms with Gasteiger partial charge in [0, 0.05) is 12.3 Å². The van der Waals surface area contributed by atoms with Crippen LogP contribution in [0.5, 0.6) is 5.75 Å². The quantitative estimate of drug-likeness (QED) is 0.739. The van der Waals surface area contributed by atoms with Gasteiger partial charge in [0.25, 0.3) is 10.0 Å². The zero-order valence-electron chi connectivity index (χ0n) is 13.5. The molecular weight excluding hydrogens is 330 g/mol. The summed E-state index contributed by atoms with van der Waals surface area (Å²) >= 11 is 0. The largest absolute Gasteiger partial charge is 0.495 e. The lowest BCUT2D eigenvalue weighted by atomic mass is 10.2. The van der Waals surface area contributed by atoms with Crippen LogP contribution in [0.1, 0.15) is 11.3 Å². The number of nitrogens with zero attached hydrogens (tertiary/aromatic N) is 1. The van der Waals surface area contributed by atoms with Gasteiger partial charge in [-0.15, -0.1) is 0 Å². The highest BCUT2D eigenvalue weighted by Gasteiger charge is 2.23. The zero-order valence-corrected chi connectivity index (χ0v) is 14.3. The Morgan fingerprint density at radius 1 is 1.21 bits per heavy atom. The number of rotatable bonds is 5. The molecule has 0 saturated heterocycles. The monoisotopic (exact) mass is 347 g/mol. The molecule has 2 N–H and O–H groups in total. The molecule has 1 aromatic carbocycles. The third kappa shape index (κ3) is 3.00. The summed E-state index contributed by atoms with van der Waals surface area (Å²) in [5, 5.41) is 6.58. The summed E-state index contributed by atoms with van der Waals surface area (Å²) in [6.45, 7) is 3.47. The highest BCUT2D eigenvalue weighted by atomic mass is 32.2. The lowest BCUT2D eigenvalue weighted by Gasteiger charge is -2.12. The van der Waals surface area contributed by atoms with Crippen LogP contribution in [0, 0.1) is 13.8 Å². The zero-order chi connectivity index (χ0) is 17.3. The first-order chi connectivity index (χ1) is 11.4. The van der Waals surface area contributed by atoms with Gasteiger partial charge in [0.2, 0.25) is 0 Å². The van der Waals surface area contributed by atoms with Crippen LogP contribution < -0.4 is 9.46 Å². The number of H-pyrrole nitrogens is 1. The molecule has 0 aliphatic carbocycles. The van der Waals surface area contributed by atoms with Crippen LogP contribution in [0.4, 0.5) is 5.69 Å². The second-order valence-electron chi connectivity index (χ2n) is 5.31. The third-order valence-corrected chi connectivity index (χ3v) is 5.00. The normalized spacial score (nSPS) is 11.5. The van der Waals surface area contributed by atoms with Gasteiger partial charge in [-0.05, 0) is 37.6 Å². The van der Waals surface area contributed by atoms with Crippen molar-refractivity contribution in [2.45, 2.75) is 18.7 Å². The van der Waals surface area contributed by atoms with Crippen molar-refractivity contribution in [2.24, 2.45) is 0 Å². The number of nitrogens with one attached hydrogen (secondary N) is 2. The predicted molar refractivity (Wildman–Crippen MR) is 89.6 cm³/mol. The molecule has 8 heteroatoms. The molecule has 2 aromatic heterocycles. The highest BCUT2D eigenvalue weighted by molar-refractivity contribution is 7.92. The molecular formula is C16H17N3O4S. The summed E-state index contributed by atoms with van der Waals surface area (Å²) in [5.74, 6) is 1.14. The lowest BCUT2D eigenvalue weighted by molar-refractivity contribution is 0.417. The number of ether oxygens (including phenoxy) is 1. The Morgan fingerprint density at radius 3 is 2.67 bits per heavy atom. The van der Waals surface area contributed by atoms with E-state index in [1.165, 1.54) is 13.2 Å². The molecule has 126 valence electrons. The van der Waals surface area contributed by atoms with E-state index in [-0.39, 0.29) is 4.90 Å². The van der Waals surface area contributed by atoms with Gasteiger partial charge in [-0.1, -0.05) is 6.07 Å². The van der Waals surface area contributed by atoms with E-state index in [0.717, 1.165) is 5.56 Å². The van der Waals surface area contributed by atoms with E-state index >= 15 is 0 Å². The number of anilines is 1. The Morgan fingerprint density at radius 2 is 2.00 bits per heavy atom. The van der Waals surface area contributed by atoms with Crippen LogP contribution in [0.2, 0.25) is 0 Å². The van der Waals surface area contributed by atoms with Crippen LogP contribution in [0.15, 0.2) is 45.8 Å². The van der Waals surface area contributed by atoms with Gasteiger partial charge in [-0.2, -0.15) is 5.10 Å². The third-order valence-electron chi connectivity index (χ3n) is 3.53. The van der Waals surface area contributed by atoms with Crippen LogP contribution in [0.25, 0.3) is 11.5 Å². The molecule has 0 aliphatic heterocycles. The van der Waals surface area contributed by atoms with Gasteiger partial charge in [0.15, 0.2) is 5.76 Å². The first-order valence-electron chi connectivity index (χ1n) is 7.18. The Hall–Kier alpha value is -2.74. The maximum atomic E-state index is 12.7. The first kappa shape index (κ1) is 16.1. The van der Waals surface area contributed by atoms with E-state index < -0.39 is 10.0 Å². The van der Waals surface area contributed by atoms with Crippen molar-refractivity contribution in [3.63, 3.8) is 0 Å². The van der Waals surface area contributed by atoms with E-state index in [1.807, 2.05) is 13.0 Å². The van der Waals surface area contributed by atoms with E-state index in [1.54, 1.807) is 31.3 Å². The average Bonchev–Trinajstić information content (AvgIpc) is 3.16. The lowest BCUT2D eigenvalue weighted by Crippen LogP contribution is -2.14. The standard InChI is InChI=1S/C16H17N3O4S/c1-10-4-5-14(22-3)13(8-10)19-24(20,21)16-9-15(23-11(16)2)12-6-7-17-18-12/h4-9,19H,1-3H3,(H,17,18). The van der Waals surface area contributed by atoms with Crippen molar-refractivity contribution in [2.75, 3.05) is 11.8 Å². The first-order valence-corrected chi connectivity index (χ1v) is 8.66. The molecule has 0 spiro atoms. The smallest absolute Gasteiger partial charge is 0.265 e. The van der Waals surface area contributed by atoms with E-state index in [4.69, 9.17) is 9.15 Å². The number of hydrogen-bond donors (Lipinski definition) is 2. The van der Waals surface area contributed by atoms with Gasteiger partial charge in [-0.25, -0.2) is 8.42 Å². The molecule has 3 rings (SSSR count). The molecule has 0 saturated carbocycles. The molecule has 0 aliphatic rings. The summed E-state index contributed by atoms with van der Waals surface area (Å²) in [4.78, 5) is 0.0654. The molecule has 0 unspecified atom stereocenters. The number of sulfonamides is 1. The molecule has 7 nitrogen and oxygen atoms in total. The summed E-state index contributed by atoms with van der Waals surface area (Å²) in [7, 11) is -2.33. The van der Waals surface area contributed by atoms with Crippen molar-refractivity contribution in [3.8, 4) is 17.2 Å². The number of hydrogen-bond acceptors (Lipinski definition) is 5. The molecule has 3 aromatic rings. The van der Waals surface area contributed by atoms with Crippen molar-refractivity contribution in [1.29, 1.82) is 0 Å². The highest BCUT2D eigenvalue weighted by Crippen LogP contribution is 2.31. The van der Waals surface area contributed by atoms with Gasteiger partial charge in [0.1, 0.15) is 22.1 Å². The molecule has 0 bridgehead atoms. The molecule has 2 heterocycles. The van der Waals surface area contributed by atoms with Crippen LogP contribution in [-0.2, 0) is 10.0 Å². The predicted octanol–water partition coefficient (Wildman–Crippen LogP) is 3.10. The number of aromatic amines is 1. The van der Waals surface area contributed by atoms with Crippen molar-refractivity contribution < 1.29 is 17.6 Å². The second kappa shape index (κ2) is 6.04. The second-order valence-corrected chi connectivity index (χ2v) is 6.96. The van der Waals surface area contributed by atoms with Crippen LogP contribution in [-0.4, -0.2) is 25.7 Å². The van der Waals surface area contributed by atoms with Gasteiger partial charge >= 0.3 is 0 Å². The minimum absolute atomic E-state index is 0.0654. The van der Waals surface area contributed by atoms with Crippen LogP contribution >= 0.6 is 0 Å². The Kier molecular flexibility index (Phi) is 4.06. The number of aromatic nitrogens is 2. The fourth-order valence-electron chi connectivity index (χ4n) is 2.36. The number of aryl methyl sites for hydroxylation is 2. The summed E-state index contributed by atoms with van der Waals surface area (Å²) < 4.78 is 38.8. The fourth-order valence-corrected chi connectivity index (χ4v) is 3.60. The number of benzene rings is 1. The SMILES string of the molecule is COc1ccc(C)cc1NS(=O)(=O)c1cc(-c2ccn[nH]2)oc1C. The molecule has 0 fully saturated rings. The molecule has 0 radical (unpaired) electrons. The number of methoxy groups -OCH3 is 1. The van der Waals surface area contributed by atoms with E-state index in [9.17, 15) is 8.42 Å². The minimum atomic E-state index is -3.82. The molecule has 24 heavy (non-hydrogen) atoms. The number of furan rings is 1. The molecule has 0 amide bonds. The Bertz CT molecular complexity index is 959. The summed E-state index contributed by atoms with van der Waals surface area (Å²) in [5.41, 5.74) is 1.89. The minimum Gasteiger partial charge on any atom is -0.495 e. The van der Waals surface area contributed by atoms with Crippen molar-refractivity contribution >= 4 is 15.7 Å². The maximum absolute atomic E-state index is 12.7. The Balaban J connectivity index is 1.99. The summed E-state index contributed by atoms with van der Waals surface area (Å²) in [6, 6.07) is 8.43. The average molecular weight is 347 g/mol. The van der Waals surface area contributed by atoms with E-state index in [2.05, 4.69) is 14.9 Å². The van der Waals surface area contributed by atoms with Crippen LogP contribution in [0.3, 0.4) is 0 Å². The Labute approximate surface area is 139 Å². The summed E-state index contributed by atoms with van der Waals surface area (Å²) in [6.07, 6.45) is 1.57. The molecule has 0 atom stereocenters. The maximum Gasteiger partial charge on any atom is 0.265 e. The van der Waals surface area contributed by atoms with Gasteiger partial charge in [-0.3, -0.25) is 9.82 Å².